The topological polar surface area (TPSA) is 17.8 Å². The Balaban J connectivity index is 2.20. The van der Waals surface area contributed by atoms with Crippen LogP contribution in [0.4, 0.5) is 13.2 Å². The molecule has 90 valence electrons. The third-order valence-corrected chi connectivity index (χ3v) is 3.33. The van der Waals surface area contributed by atoms with Crippen LogP contribution in [0.15, 0.2) is 18.2 Å². The molecule has 1 aliphatic rings. The SMILES string of the molecule is C[C@@H]1CCn2c1nc1cc(C(F)(F)F)ccc12. The highest BCUT2D eigenvalue weighted by atomic mass is 19.4. The molecule has 0 unspecified atom stereocenters. The van der Waals surface area contributed by atoms with E-state index < -0.39 is 11.7 Å². The molecule has 17 heavy (non-hydrogen) atoms. The van der Waals surface area contributed by atoms with E-state index in [0.29, 0.717) is 11.4 Å². The molecule has 2 aromatic rings. The van der Waals surface area contributed by atoms with Gasteiger partial charge in [0.15, 0.2) is 0 Å². The molecule has 0 radical (unpaired) electrons. The molecule has 2 heterocycles. The summed E-state index contributed by atoms with van der Waals surface area (Å²) in [6.07, 6.45) is -3.28. The minimum Gasteiger partial charge on any atom is -0.328 e. The lowest BCUT2D eigenvalue weighted by Crippen LogP contribution is -2.04. The summed E-state index contributed by atoms with van der Waals surface area (Å²) < 4.78 is 39.7. The Hall–Kier alpha value is -1.52. The van der Waals surface area contributed by atoms with Crippen molar-refractivity contribution in [3.05, 3.63) is 29.6 Å². The minimum absolute atomic E-state index is 0.330. The molecule has 0 amide bonds. The molecule has 1 atom stereocenters. The predicted molar refractivity (Wildman–Crippen MR) is 57.8 cm³/mol. The molecule has 0 bridgehead atoms. The van der Waals surface area contributed by atoms with Crippen molar-refractivity contribution in [3.63, 3.8) is 0 Å². The van der Waals surface area contributed by atoms with Crippen LogP contribution in [0.5, 0.6) is 0 Å². The van der Waals surface area contributed by atoms with Crippen LogP contribution in [0.1, 0.15) is 30.7 Å². The zero-order chi connectivity index (χ0) is 12.2. The zero-order valence-corrected chi connectivity index (χ0v) is 9.25. The first-order valence-corrected chi connectivity index (χ1v) is 5.54. The van der Waals surface area contributed by atoms with Gasteiger partial charge in [0.25, 0.3) is 0 Å². The average Bonchev–Trinajstić information content (AvgIpc) is 2.77. The molecule has 1 aliphatic heterocycles. The summed E-state index contributed by atoms with van der Waals surface area (Å²) in [5.41, 5.74) is 0.619. The Morgan fingerprint density at radius 2 is 2.12 bits per heavy atom. The molecule has 1 aromatic heterocycles. The highest BCUT2D eigenvalue weighted by Crippen LogP contribution is 2.35. The van der Waals surface area contributed by atoms with Crippen LogP contribution in [0.2, 0.25) is 0 Å². The predicted octanol–water partition coefficient (Wildman–Crippen LogP) is 3.56. The number of imidazole rings is 1. The van der Waals surface area contributed by atoms with Crippen molar-refractivity contribution in [2.75, 3.05) is 0 Å². The maximum absolute atomic E-state index is 12.6. The van der Waals surface area contributed by atoms with Crippen LogP contribution in [-0.2, 0) is 12.7 Å². The lowest BCUT2D eigenvalue weighted by molar-refractivity contribution is -0.137. The van der Waals surface area contributed by atoms with Crippen LogP contribution < -0.4 is 0 Å². The van der Waals surface area contributed by atoms with E-state index in [1.165, 1.54) is 6.07 Å². The summed E-state index contributed by atoms with van der Waals surface area (Å²) in [4.78, 5) is 4.31. The normalized spacial score (nSPS) is 19.9. The maximum atomic E-state index is 12.6. The van der Waals surface area contributed by atoms with E-state index >= 15 is 0 Å². The molecule has 0 fully saturated rings. The van der Waals surface area contributed by atoms with E-state index in [-0.39, 0.29) is 0 Å². The Kier molecular flexibility index (Phi) is 2.03. The highest BCUT2D eigenvalue weighted by Gasteiger charge is 2.31. The number of aryl methyl sites for hydroxylation is 1. The molecule has 0 spiro atoms. The fourth-order valence-corrected chi connectivity index (χ4v) is 2.39. The van der Waals surface area contributed by atoms with Gasteiger partial charge in [0.05, 0.1) is 16.6 Å². The van der Waals surface area contributed by atoms with Crippen molar-refractivity contribution in [3.8, 4) is 0 Å². The Morgan fingerprint density at radius 3 is 2.82 bits per heavy atom. The molecule has 1 aromatic carbocycles. The summed E-state index contributed by atoms with van der Waals surface area (Å²) in [6.45, 7) is 2.90. The summed E-state index contributed by atoms with van der Waals surface area (Å²) in [5, 5.41) is 0. The molecule has 2 nitrogen and oxygen atoms in total. The van der Waals surface area contributed by atoms with E-state index in [2.05, 4.69) is 11.9 Å². The highest BCUT2D eigenvalue weighted by molar-refractivity contribution is 5.77. The van der Waals surface area contributed by atoms with Gasteiger partial charge in [0.2, 0.25) is 0 Å². The van der Waals surface area contributed by atoms with Gasteiger partial charge in [-0.05, 0) is 24.6 Å². The molecule has 0 saturated heterocycles. The van der Waals surface area contributed by atoms with Gasteiger partial charge in [-0.15, -0.1) is 0 Å². The van der Waals surface area contributed by atoms with Crippen molar-refractivity contribution in [2.24, 2.45) is 0 Å². The van der Waals surface area contributed by atoms with Crippen LogP contribution in [0, 0.1) is 0 Å². The Morgan fingerprint density at radius 1 is 1.35 bits per heavy atom. The van der Waals surface area contributed by atoms with Gasteiger partial charge < -0.3 is 4.57 Å². The fraction of sp³-hybridized carbons (Fsp3) is 0.417. The van der Waals surface area contributed by atoms with E-state index in [0.717, 1.165) is 36.4 Å². The summed E-state index contributed by atoms with van der Waals surface area (Å²) in [5.74, 6) is 1.23. The number of aromatic nitrogens is 2. The van der Waals surface area contributed by atoms with Gasteiger partial charge in [0.1, 0.15) is 5.82 Å². The zero-order valence-electron chi connectivity index (χ0n) is 9.25. The molecule has 0 aliphatic carbocycles. The third kappa shape index (κ3) is 1.52. The molecular weight excluding hydrogens is 229 g/mol. The van der Waals surface area contributed by atoms with Crippen LogP contribution >= 0.6 is 0 Å². The molecule has 5 heteroatoms. The Bertz CT molecular complexity index is 583. The van der Waals surface area contributed by atoms with Crippen molar-refractivity contribution in [1.29, 1.82) is 0 Å². The molecular formula is C12H11F3N2. The standard InChI is InChI=1S/C12H11F3N2/c1-7-4-5-17-10-3-2-8(12(13,14)15)6-9(10)16-11(7)17/h2-3,6-7H,4-5H2,1H3/t7-/m1/s1. The van der Waals surface area contributed by atoms with Gasteiger partial charge in [-0.2, -0.15) is 13.2 Å². The lowest BCUT2D eigenvalue weighted by Gasteiger charge is -2.06. The number of benzene rings is 1. The van der Waals surface area contributed by atoms with Crippen molar-refractivity contribution in [1.82, 2.24) is 9.55 Å². The number of hydrogen-bond acceptors (Lipinski definition) is 1. The quantitative estimate of drug-likeness (QED) is 0.688. The number of alkyl halides is 3. The van der Waals surface area contributed by atoms with E-state index in [1.54, 1.807) is 0 Å². The van der Waals surface area contributed by atoms with Crippen molar-refractivity contribution >= 4 is 11.0 Å². The van der Waals surface area contributed by atoms with Gasteiger partial charge in [-0.25, -0.2) is 4.98 Å². The second kappa shape index (κ2) is 3.24. The number of halogens is 3. The number of nitrogens with zero attached hydrogens (tertiary/aromatic N) is 2. The van der Waals surface area contributed by atoms with Crippen molar-refractivity contribution in [2.45, 2.75) is 32.0 Å². The van der Waals surface area contributed by atoms with Gasteiger partial charge in [-0.3, -0.25) is 0 Å². The smallest absolute Gasteiger partial charge is 0.328 e. The van der Waals surface area contributed by atoms with E-state index in [9.17, 15) is 13.2 Å². The van der Waals surface area contributed by atoms with Crippen LogP contribution in [-0.4, -0.2) is 9.55 Å². The first-order chi connectivity index (χ1) is 7.97. The number of rotatable bonds is 0. The van der Waals surface area contributed by atoms with Gasteiger partial charge in [0, 0.05) is 12.5 Å². The van der Waals surface area contributed by atoms with Crippen molar-refractivity contribution < 1.29 is 13.2 Å². The first kappa shape index (κ1) is 10.6. The second-order valence-corrected chi connectivity index (χ2v) is 4.51. The van der Waals surface area contributed by atoms with Gasteiger partial charge >= 0.3 is 6.18 Å². The first-order valence-electron chi connectivity index (χ1n) is 5.54. The Labute approximate surface area is 96.1 Å². The van der Waals surface area contributed by atoms with Gasteiger partial charge in [-0.1, -0.05) is 6.92 Å². The summed E-state index contributed by atoms with van der Waals surface area (Å²) in [7, 11) is 0. The largest absolute Gasteiger partial charge is 0.416 e. The average molecular weight is 240 g/mol. The second-order valence-electron chi connectivity index (χ2n) is 4.51. The third-order valence-electron chi connectivity index (χ3n) is 3.33. The van der Waals surface area contributed by atoms with E-state index in [1.807, 2.05) is 4.57 Å². The molecule has 3 rings (SSSR count). The van der Waals surface area contributed by atoms with Crippen LogP contribution in [0.3, 0.4) is 0 Å². The lowest BCUT2D eigenvalue weighted by atomic mass is 10.1. The molecule has 0 saturated carbocycles. The fourth-order valence-electron chi connectivity index (χ4n) is 2.39. The number of fused-ring (bicyclic) bond motifs is 3. The monoisotopic (exact) mass is 240 g/mol. The molecule has 0 N–H and O–H groups in total. The maximum Gasteiger partial charge on any atom is 0.416 e. The minimum atomic E-state index is -4.30. The number of hydrogen-bond donors (Lipinski definition) is 0. The van der Waals surface area contributed by atoms with Crippen LogP contribution in [0.25, 0.3) is 11.0 Å². The summed E-state index contributed by atoms with van der Waals surface area (Å²) in [6, 6.07) is 3.78. The van der Waals surface area contributed by atoms with E-state index in [4.69, 9.17) is 0 Å². The summed E-state index contributed by atoms with van der Waals surface area (Å²) >= 11 is 0.